The van der Waals surface area contributed by atoms with Crippen molar-refractivity contribution in [3.05, 3.63) is 0 Å². The lowest BCUT2D eigenvalue weighted by molar-refractivity contribution is -0.218. The van der Waals surface area contributed by atoms with Crippen LogP contribution in [0.1, 0.15) is 39.5 Å². The summed E-state index contributed by atoms with van der Waals surface area (Å²) in [4.78, 5) is 0. The van der Waals surface area contributed by atoms with E-state index in [0.29, 0.717) is 12.3 Å². The molecule has 0 spiro atoms. The Labute approximate surface area is 71.1 Å². The van der Waals surface area contributed by atoms with Crippen LogP contribution in [0.15, 0.2) is 0 Å². The molecule has 12 heavy (non-hydrogen) atoms. The average Bonchev–Trinajstić information content (AvgIpc) is 1.76. The Hall–Kier alpha value is -0.210. The molecule has 0 aromatic carbocycles. The van der Waals surface area contributed by atoms with Gasteiger partial charge < -0.3 is 0 Å². The van der Waals surface area contributed by atoms with Crippen LogP contribution >= 0.6 is 0 Å². The van der Waals surface area contributed by atoms with E-state index in [2.05, 4.69) is 0 Å². The molecule has 1 fully saturated rings. The highest BCUT2D eigenvalue weighted by Crippen LogP contribution is 2.46. The standard InChI is InChI=1S/C9H15F3/c1-8(2,9(10,11)12)6-7-4-3-5-7/h7H,3-6H2,1-2H3. The molecule has 0 amide bonds. The summed E-state index contributed by atoms with van der Waals surface area (Å²) in [7, 11) is 0. The van der Waals surface area contributed by atoms with E-state index in [4.69, 9.17) is 0 Å². The van der Waals surface area contributed by atoms with Crippen LogP contribution in [0.2, 0.25) is 0 Å². The van der Waals surface area contributed by atoms with Gasteiger partial charge in [0, 0.05) is 0 Å². The monoisotopic (exact) mass is 180 g/mol. The summed E-state index contributed by atoms with van der Waals surface area (Å²) in [6.45, 7) is 2.59. The molecule has 1 aliphatic rings. The normalized spacial score (nSPS) is 20.8. The fourth-order valence-electron chi connectivity index (χ4n) is 1.53. The highest BCUT2D eigenvalue weighted by molar-refractivity contribution is 4.83. The first-order chi connectivity index (χ1) is 5.33. The largest absolute Gasteiger partial charge is 0.393 e. The third kappa shape index (κ3) is 1.93. The van der Waals surface area contributed by atoms with Crippen molar-refractivity contribution in [2.45, 2.75) is 45.7 Å². The molecule has 0 bridgehead atoms. The minimum Gasteiger partial charge on any atom is -0.171 e. The van der Waals surface area contributed by atoms with Crippen LogP contribution in [0.5, 0.6) is 0 Å². The Balaban J connectivity index is 2.46. The van der Waals surface area contributed by atoms with Gasteiger partial charge in [-0.3, -0.25) is 0 Å². The third-order valence-corrected chi connectivity index (χ3v) is 2.79. The molecule has 0 N–H and O–H groups in total. The van der Waals surface area contributed by atoms with E-state index in [1.54, 1.807) is 0 Å². The first-order valence-corrected chi connectivity index (χ1v) is 4.40. The Morgan fingerprint density at radius 2 is 1.67 bits per heavy atom. The maximum absolute atomic E-state index is 12.4. The van der Waals surface area contributed by atoms with Crippen LogP contribution in [-0.4, -0.2) is 6.18 Å². The van der Waals surface area contributed by atoms with Gasteiger partial charge in [-0.25, -0.2) is 0 Å². The molecular weight excluding hydrogens is 165 g/mol. The summed E-state index contributed by atoms with van der Waals surface area (Å²) in [5, 5.41) is 0. The summed E-state index contributed by atoms with van der Waals surface area (Å²) >= 11 is 0. The van der Waals surface area contributed by atoms with Crippen molar-refractivity contribution in [2.24, 2.45) is 11.3 Å². The van der Waals surface area contributed by atoms with Gasteiger partial charge in [0.1, 0.15) is 0 Å². The molecule has 0 radical (unpaired) electrons. The molecular formula is C9H15F3. The summed E-state index contributed by atoms with van der Waals surface area (Å²) in [5.74, 6) is 0.321. The van der Waals surface area contributed by atoms with Crippen molar-refractivity contribution in [2.75, 3.05) is 0 Å². The average molecular weight is 180 g/mol. The summed E-state index contributed by atoms with van der Waals surface area (Å²) in [6, 6.07) is 0. The highest BCUT2D eigenvalue weighted by atomic mass is 19.4. The minimum atomic E-state index is -4.04. The van der Waals surface area contributed by atoms with Crippen LogP contribution in [0.3, 0.4) is 0 Å². The van der Waals surface area contributed by atoms with Crippen LogP contribution in [0.4, 0.5) is 13.2 Å². The molecule has 0 aliphatic heterocycles. The molecule has 1 saturated carbocycles. The van der Waals surface area contributed by atoms with E-state index in [9.17, 15) is 13.2 Å². The van der Waals surface area contributed by atoms with Crippen molar-refractivity contribution in [3.8, 4) is 0 Å². The predicted octanol–water partition coefficient (Wildman–Crippen LogP) is 3.77. The molecule has 0 atom stereocenters. The second-order valence-corrected chi connectivity index (χ2v) is 4.38. The van der Waals surface area contributed by atoms with E-state index in [0.717, 1.165) is 19.3 Å². The lowest BCUT2D eigenvalue weighted by atomic mass is 9.73. The Morgan fingerprint density at radius 1 is 1.17 bits per heavy atom. The number of halogens is 3. The van der Waals surface area contributed by atoms with Crippen molar-refractivity contribution >= 4 is 0 Å². The summed E-state index contributed by atoms with van der Waals surface area (Å²) in [6.07, 6.45) is -0.656. The molecule has 1 aliphatic carbocycles. The van der Waals surface area contributed by atoms with Gasteiger partial charge in [0.05, 0.1) is 5.41 Å². The number of rotatable bonds is 2. The molecule has 0 heterocycles. The number of hydrogen-bond acceptors (Lipinski definition) is 0. The van der Waals surface area contributed by atoms with Gasteiger partial charge in [0.2, 0.25) is 0 Å². The van der Waals surface area contributed by atoms with Crippen LogP contribution < -0.4 is 0 Å². The van der Waals surface area contributed by atoms with Gasteiger partial charge in [-0.05, 0) is 12.3 Å². The van der Waals surface area contributed by atoms with E-state index in [1.807, 2.05) is 0 Å². The molecule has 0 nitrogen and oxygen atoms in total. The zero-order valence-corrected chi connectivity index (χ0v) is 7.54. The molecule has 0 unspecified atom stereocenters. The van der Waals surface area contributed by atoms with Crippen molar-refractivity contribution in [3.63, 3.8) is 0 Å². The van der Waals surface area contributed by atoms with E-state index < -0.39 is 11.6 Å². The van der Waals surface area contributed by atoms with Gasteiger partial charge in [-0.2, -0.15) is 13.2 Å². The molecule has 0 aromatic rings. The van der Waals surface area contributed by atoms with Crippen LogP contribution in [-0.2, 0) is 0 Å². The summed E-state index contributed by atoms with van der Waals surface area (Å²) in [5.41, 5.74) is -1.49. The topological polar surface area (TPSA) is 0 Å². The lowest BCUT2D eigenvalue weighted by Gasteiger charge is -2.35. The van der Waals surface area contributed by atoms with Gasteiger partial charge in [-0.15, -0.1) is 0 Å². The van der Waals surface area contributed by atoms with E-state index in [1.165, 1.54) is 13.8 Å². The quantitative estimate of drug-likeness (QED) is 0.606. The highest BCUT2D eigenvalue weighted by Gasteiger charge is 2.48. The predicted molar refractivity (Wildman–Crippen MR) is 41.8 cm³/mol. The van der Waals surface area contributed by atoms with Gasteiger partial charge >= 0.3 is 6.18 Å². The van der Waals surface area contributed by atoms with Gasteiger partial charge in [0.15, 0.2) is 0 Å². The smallest absolute Gasteiger partial charge is 0.171 e. The first kappa shape index (κ1) is 9.87. The molecule has 1 rings (SSSR count). The molecule has 72 valence electrons. The van der Waals surface area contributed by atoms with Crippen molar-refractivity contribution in [1.82, 2.24) is 0 Å². The fourth-order valence-corrected chi connectivity index (χ4v) is 1.53. The van der Waals surface area contributed by atoms with Gasteiger partial charge in [0.25, 0.3) is 0 Å². The van der Waals surface area contributed by atoms with E-state index in [-0.39, 0.29) is 0 Å². The number of alkyl halides is 3. The van der Waals surface area contributed by atoms with Crippen molar-refractivity contribution < 1.29 is 13.2 Å². The molecule has 0 saturated heterocycles. The van der Waals surface area contributed by atoms with Gasteiger partial charge in [-0.1, -0.05) is 33.1 Å². The molecule has 3 heteroatoms. The fraction of sp³-hybridized carbons (Fsp3) is 1.00. The maximum Gasteiger partial charge on any atom is 0.393 e. The maximum atomic E-state index is 12.4. The zero-order valence-electron chi connectivity index (χ0n) is 7.54. The SMILES string of the molecule is CC(C)(CC1CCC1)C(F)(F)F. The van der Waals surface area contributed by atoms with Crippen LogP contribution in [0.25, 0.3) is 0 Å². The summed E-state index contributed by atoms with van der Waals surface area (Å²) < 4.78 is 37.1. The van der Waals surface area contributed by atoms with Crippen molar-refractivity contribution in [1.29, 1.82) is 0 Å². The van der Waals surface area contributed by atoms with E-state index >= 15 is 0 Å². The zero-order chi connectivity index (χ0) is 9.41. The minimum absolute atomic E-state index is 0.302. The Morgan fingerprint density at radius 3 is 1.92 bits per heavy atom. The van der Waals surface area contributed by atoms with Crippen LogP contribution in [0, 0.1) is 11.3 Å². The Bertz CT molecular complexity index is 154. The lowest BCUT2D eigenvalue weighted by Crippen LogP contribution is -2.35. The molecule has 0 aromatic heterocycles. The first-order valence-electron chi connectivity index (χ1n) is 4.40. The second kappa shape index (κ2) is 2.93. The third-order valence-electron chi connectivity index (χ3n) is 2.79. The Kier molecular flexibility index (Phi) is 2.41. The second-order valence-electron chi connectivity index (χ2n) is 4.38. The number of hydrogen-bond donors (Lipinski definition) is 0.